The van der Waals surface area contributed by atoms with Crippen LogP contribution in [0.25, 0.3) is 5.69 Å². The number of carbonyl (C=O) groups excluding carboxylic acids is 2. The number of morpholine rings is 1. The number of aliphatic imine (C=N–C) groups is 1. The number of hydrogen-bond acceptors (Lipinski definition) is 7. The summed E-state index contributed by atoms with van der Waals surface area (Å²) in [5.41, 5.74) is 0.578. The molecule has 2 aromatic rings. The van der Waals surface area contributed by atoms with Crippen molar-refractivity contribution >= 4 is 24.1 Å². The molecule has 9 nitrogen and oxygen atoms in total. The van der Waals surface area contributed by atoms with Gasteiger partial charge >= 0.3 is 0 Å². The molecule has 2 N–H and O–H groups in total. The van der Waals surface area contributed by atoms with E-state index in [1.165, 1.54) is 10.9 Å². The highest BCUT2D eigenvalue weighted by Gasteiger charge is 2.25. The smallest absolute Gasteiger partial charge is 0.284 e. The number of anilines is 1. The second kappa shape index (κ2) is 10.6. The monoisotopic (exact) mass is 484 g/mol. The van der Waals surface area contributed by atoms with Gasteiger partial charge in [0.25, 0.3) is 12.3 Å². The predicted molar refractivity (Wildman–Crippen MR) is 127 cm³/mol. The van der Waals surface area contributed by atoms with Gasteiger partial charge in [0.2, 0.25) is 0 Å². The van der Waals surface area contributed by atoms with Crippen LogP contribution < -0.4 is 10.6 Å². The number of halogens is 2. The topological polar surface area (TPSA) is 101 Å². The van der Waals surface area contributed by atoms with Gasteiger partial charge in [-0.05, 0) is 43.7 Å². The maximum Gasteiger partial charge on any atom is 0.284 e. The van der Waals surface area contributed by atoms with E-state index < -0.39 is 18.0 Å². The second-order valence-electron chi connectivity index (χ2n) is 8.10. The van der Waals surface area contributed by atoms with Crippen LogP contribution in [-0.4, -0.2) is 58.9 Å². The molecule has 184 valence electrons. The summed E-state index contributed by atoms with van der Waals surface area (Å²) in [6, 6.07) is 6.27. The fourth-order valence-corrected chi connectivity index (χ4v) is 3.87. The molecule has 0 bridgehead atoms. The first kappa shape index (κ1) is 24.3. The molecule has 0 aliphatic carbocycles. The molecule has 0 unspecified atom stereocenters. The number of hydrogen-bond donors (Lipinski definition) is 2. The van der Waals surface area contributed by atoms with Crippen LogP contribution in [-0.2, 0) is 9.53 Å². The summed E-state index contributed by atoms with van der Waals surface area (Å²) in [6.45, 7) is 5.76. The first-order chi connectivity index (χ1) is 16.9. The van der Waals surface area contributed by atoms with Gasteiger partial charge in [0.1, 0.15) is 17.9 Å². The Morgan fingerprint density at radius 2 is 2.11 bits per heavy atom. The largest absolute Gasteiger partial charge is 0.375 e. The van der Waals surface area contributed by atoms with Gasteiger partial charge in [-0.15, -0.1) is 0 Å². The number of aromatic nitrogens is 2. The van der Waals surface area contributed by atoms with Crippen molar-refractivity contribution in [1.82, 2.24) is 20.0 Å². The fraction of sp³-hybridized carbons (Fsp3) is 0.333. The molecule has 1 aromatic heterocycles. The van der Waals surface area contributed by atoms with Crippen LogP contribution in [0.15, 0.2) is 58.7 Å². The van der Waals surface area contributed by atoms with Crippen LogP contribution in [0.5, 0.6) is 0 Å². The van der Waals surface area contributed by atoms with Crippen molar-refractivity contribution in [3.05, 3.63) is 65.0 Å². The first-order valence-corrected chi connectivity index (χ1v) is 11.2. The number of nitrogens with zero attached hydrogens (tertiary/aromatic N) is 4. The lowest BCUT2D eigenvalue weighted by Crippen LogP contribution is -2.44. The maximum absolute atomic E-state index is 13.7. The molecule has 2 aliphatic heterocycles. The summed E-state index contributed by atoms with van der Waals surface area (Å²) >= 11 is 0. The highest BCUT2D eigenvalue weighted by Crippen LogP contribution is 2.28. The summed E-state index contributed by atoms with van der Waals surface area (Å²) in [7, 11) is 0. The molecular weight excluding hydrogens is 458 g/mol. The summed E-state index contributed by atoms with van der Waals surface area (Å²) < 4.78 is 34.2. The molecule has 2 aliphatic rings. The Morgan fingerprint density at radius 1 is 1.34 bits per heavy atom. The molecule has 1 saturated heterocycles. The molecular formula is C24H26F2N6O3. The van der Waals surface area contributed by atoms with E-state index in [1.54, 1.807) is 37.4 Å². The molecule has 0 saturated carbocycles. The van der Waals surface area contributed by atoms with Crippen LogP contribution in [0.4, 0.5) is 14.5 Å². The Labute approximate surface area is 201 Å². The Morgan fingerprint density at radius 3 is 2.77 bits per heavy atom. The van der Waals surface area contributed by atoms with Crippen molar-refractivity contribution in [3.63, 3.8) is 0 Å². The minimum atomic E-state index is -2.90. The minimum Gasteiger partial charge on any atom is -0.375 e. The summed E-state index contributed by atoms with van der Waals surface area (Å²) in [6.07, 6.45) is 2.94. The van der Waals surface area contributed by atoms with Gasteiger partial charge < -0.3 is 20.3 Å². The van der Waals surface area contributed by atoms with Gasteiger partial charge in [-0.2, -0.15) is 5.10 Å². The summed E-state index contributed by atoms with van der Waals surface area (Å²) in [5, 5.41) is 9.71. The van der Waals surface area contributed by atoms with Crippen molar-refractivity contribution in [2.24, 2.45) is 4.99 Å². The van der Waals surface area contributed by atoms with Gasteiger partial charge in [-0.1, -0.05) is 6.92 Å². The zero-order chi connectivity index (χ0) is 24.9. The van der Waals surface area contributed by atoms with E-state index in [0.717, 1.165) is 5.82 Å². The molecule has 0 spiro atoms. The lowest BCUT2D eigenvalue weighted by Gasteiger charge is -2.35. The molecule has 1 amide bonds. The maximum atomic E-state index is 13.7. The Bertz CT molecular complexity index is 1190. The summed E-state index contributed by atoms with van der Waals surface area (Å²) in [5.74, 6) is 0.599. The average molecular weight is 485 g/mol. The van der Waals surface area contributed by atoms with Gasteiger partial charge in [0.05, 0.1) is 35.9 Å². The SMILES string of the molecule is CC/C(C(=O)Nc1cn(-c2ccc(C=O)cc2)nc1C(F)F)=C1\N=CC=C(N2CCO[C@H](C)C2)N1. The average Bonchev–Trinajstić information content (AvgIpc) is 3.29. The Balaban J connectivity index is 1.56. The number of nitrogens with one attached hydrogen (secondary N) is 2. The van der Waals surface area contributed by atoms with Gasteiger partial charge in [-0.3, -0.25) is 9.59 Å². The van der Waals surface area contributed by atoms with E-state index in [4.69, 9.17) is 4.74 Å². The number of allylic oxidation sites excluding steroid dienone is 1. The van der Waals surface area contributed by atoms with E-state index in [9.17, 15) is 18.4 Å². The van der Waals surface area contributed by atoms with Crippen molar-refractivity contribution in [1.29, 1.82) is 0 Å². The molecule has 35 heavy (non-hydrogen) atoms. The zero-order valence-corrected chi connectivity index (χ0v) is 19.4. The van der Waals surface area contributed by atoms with Gasteiger partial charge in [-0.25, -0.2) is 18.5 Å². The van der Waals surface area contributed by atoms with Crippen LogP contribution in [0.3, 0.4) is 0 Å². The number of ether oxygens (including phenoxy) is 1. The Hall–Kier alpha value is -3.86. The van der Waals surface area contributed by atoms with Crippen LogP contribution >= 0.6 is 0 Å². The zero-order valence-electron chi connectivity index (χ0n) is 19.4. The third-order valence-electron chi connectivity index (χ3n) is 5.67. The quantitative estimate of drug-likeness (QED) is 0.462. The molecule has 3 heterocycles. The van der Waals surface area contributed by atoms with E-state index in [-0.39, 0.29) is 11.8 Å². The van der Waals surface area contributed by atoms with Crippen molar-refractivity contribution in [2.45, 2.75) is 32.8 Å². The number of benzene rings is 1. The third kappa shape index (κ3) is 5.46. The minimum absolute atomic E-state index is 0.0747. The normalized spacial score (nSPS) is 19.3. The van der Waals surface area contributed by atoms with Gasteiger partial charge in [0.15, 0.2) is 5.69 Å². The standard InChI is InChI=1S/C24H26F2N6O3/c1-3-18(23-27-9-8-20(29-23)31-10-11-35-15(2)12-31)24(34)28-19-13-32(30-21(19)22(25)26)17-6-4-16(14-33)5-7-17/h4-9,13-15,22,29H,3,10-12H2,1-2H3,(H,28,34)/b23-18-/t15-/m1/s1. The van der Waals surface area contributed by atoms with E-state index in [2.05, 4.69) is 25.6 Å². The van der Waals surface area contributed by atoms with Crippen molar-refractivity contribution < 1.29 is 23.1 Å². The molecule has 1 aromatic carbocycles. The molecule has 1 fully saturated rings. The van der Waals surface area contributed by atoms with Crippen molar-refractivity contribution in [3.8, 4) is 5.69 Å². The fourth-order valence-electron chi connectivity index (χ4n) is 3.87. The molecule has 4 rings (SSSR count). The summed E-state index contributed by atoms with van der Waals surface area (Å²) in [4.78, 5) is 30.4. The molecule has 11 heteroatoms. The van der Waals surface area contributed by atoms with E-state index >= 15 is 0 Å². The number of amides is 1. The van der Waals surface area contributed by atoms with Gasteiger partial charge in [0, 0.05) is 24.9 Å². The van der Waals surface area contributed by atoms with Crippen molar-refractivity contribution in [2.75, 3.05) is 25.0 Å². The highest BCUT2D eigenvalue weighted by atomic mass is 19.3. The van der Waals surface area contributed by atoms with Crippen LogP contribution in [0.1, 0.15) is 42.7 Å². The Kier molecular flexibility index (Phi) is 7.35. The predicted octanol–water partition coefficient (Wildman–Crippen LogP) is 3.42. The number of alkyl halides is 2. The number of aldehydes is 1. The molecule has 1 atom stereocenters. The van der Waals surface area contributed by atoms with E-state index in [1.807, 2.05) is 13.0 Å². The second-order valence-corrected chi connectivity index (χ2v) is 8.10. The number of rotatable bonds is 7. The third-order valence-corrected chi connectivity index (χ3v) is 5.67. The lowest BCUT2D eigenvalue weighted by molar-refractivity contribution is -0.113. The lowest BCUT2D eigenvalue weighted by atomic mass is 10.1. The molecule has 0 radical (unpaired) electrons. The highest BCUT2D eigenvalue weighted by molar-refractivity contribution is 6.04. The first-order valence-electron chi connectivity index (χ1n) is 11.2. The van der Waals surface area contributed by atoms with Crippen LogP contribution in [0.2, 0.25) is 0 Å². The van der Waals surface area contributed by atoms with E-state index in [0.29, 0.717) is 55.0 Å². The number of carbonyl (C=O) groups is 2. The van der Waals surface area contributed by atoms with Crippen LogP contribution in [0, 0.1) is 0 Å².